The van der Waals surface area contributed by atoms with Gasteiger partial charge in [0, 0.05) is 23.3 Å². The molecule has 26 heavy (non-hydrogen) atoms. The molecule has 3 aromatic rings. The summed E-state index contributed by atoms with van der Waals surface area (Å²) in [4.78, 5) is 28.9. The quantitative estimate of drug-likeness (QED) is 0.631. The average molecular weight is 417 g/mol. The topological polar surface area (TPSA) is 81.4 Å². The minimum Gasteiger partial charge on any atom is -0.496 e. The van der Waals surface area contributed by atoms with E-state index < -0.39 is 11.5 Å². The van der Waals surface area contributed by atoms with Crippen LogP contribution in [0, 0.1) is 0 Å². The zero-order valence-corrected chi connectivity index (χ0v) is 15.9. The number of ether oxygens (including phenoxy) is 1. The predicted octanol–water partition coefficient (Wildman–Crippen LogP) is 4.16. The highest BCUT2D eigenvalue weighted by Crippen LogP contribution is 2.29. The zero-order chi connectivity index (χ0) is 18.7. The van der Waals surface area contributed by atoms with Crippen LogP contribution in [0.4, 0.5) is 5.69 Å². The van der Waals surface area contributed by atoms with Gasteiger partial charge in [-0.15, -0.1) is 0 Å². The van der Waals surface area contributed by atoms with Crippen LogP contribution < -0.4 is 15.7 Å². The Hall–Kier alpha value is -2.67. The van der Waals surface area contributed by atoms with Crippen molar-refractivity contribution in [3.05, 3.63) is 62.7 Å². The van der Waals surface area contributed by atoms with Gasteiger partial charge in [-0.05, 0) is 46.6 Å². The first-order valence-corrected chi connectivity index (χ1v) is 8.89. The summed E-state index contributed by atoms with van der Waals surface area (Å²) < 4.78 is 11.5. The molecule has 0 aliphatic carbocycles. The number of aryl methyl sites for hydroxylation is 1. The van der Waals surface area contributed by atoms with Crippen LogP contribution in [0.15, 0.2) is 50.3 Å². The second-order valence-electron chi connectivity index (χ2n) is 5.67. The van der Waals surface area contributed by atoms with Gasteiger partial charge in [-0.3, -0.25) is 9.78 Å². The fourth-order valence-corrected chi connectivity index (χ4v) is 3.08. The van der Waals surface area contributed by atoms with Crippen LogP contribution in [-0.4, -0.2) is 18.0 Å². The molecule has 6 nitrogen and oxygen atoms in total. The maximum atomic E-state index is 12.5. The largest absolute Gasteiger partial charge is 0.496 e. The maximum absolute atomic E-state index is 12.5. The first kappa shape index (κ1) is 18.1. The first-order chi connectivity index (χ1) is 12.5. The van der Waals surface area contributed by atoms with E-state index in [4.69, 9.17) is 9.15 Å². The van der Waals surface area contributed by atoms with E-state index in [1.54, 1.807) is 37.7 Å². The second-order valence-corrected chi connectivity index (χ2v) is 6.53. The maximum Gasteiger partial charge on any atom is 0.349 e. The number of hydrogen-bond donors (Lipinski definition) is 1. The normalized spacial score (nSPS) is 10.7. The van der Waals surface area contributed by atoms with Gasteiger partial charge in [0.25, 0.3) is 5.91 Å². The van der Waals surface area contributed by atoms with Crippen molar-refractivity contribution in [3.8, 4) is 5.75 Å². The highest BCUT2D eigenvalue weighted by molar-refractivity contribution is 9.10. The van der Waals surface area contributed by atoms with E-state index >= 15 is 0 Å². The molecule has 0 spiro atoms. The van der Waals surface area contributed by atoms with Gasteiger partial charge < -0.3 is 14.5 Å². The van der Waals surface area contributed by atoms with Gasteiger partial charge in [-0.2, -0.15) is 0 Å². The molecule has 1 aromatic carbocycles. The molecule has 0 fully saturated rings. The highest BCUT2D eigenvalue weighted by atomic mass is 79.9. The molecule has 134 valence electrons. The van der Waals surface area contributed by atoms with Crippen LogP contribution >= 0.6 is 15.9 Å². The lowest BCUT2D eigenvalue weighted by molar-refractivity contribution is 0.102. The molecule has 2 heterocycles. The average Bonchev–Trinajstić information content (AvgIpc) is 2.63. The smallest absolute Gasteiger partial charge is 0.349 e. The predicted molar refractivity (Wildman–Crippen MR) is 103 cm³/mol. The summed E-state index contributed by atoms with van der Waals surface area (Å²) in [6, 6.07) is 6.77. The Kier molecular flexibility index (Phi) is 5.37. The number of methoxy groups -OCH3 is 1. The molecule has 0 saturated carbocycles. The lowest BCUT2D eigenvalue weighted by Crippen LogP contribution is -2.21. The minimum absolute atomic E-state index is 0.0613. The van der Waals surface area contributed by atoms with Crippen LogP contribution in [-0.2, 0) is 6.42 Å². The van der Waals surface area contributed by atoms with Gasteiger partial charge in [-0.1, -0.05) is 13.3 Å². The third-order valence-electron chi connectivity index (χ3n) is 3.95. The number of pyridine rings is 1. The Labute approximate surface area is 158 Å². The van der Waals surface area contributed by atoms with E-state index in [-0.39, 0.29) is 5.56 Å². The van der Waals surface area contributed by atoms with Crippen molar-refractivity contribution in [2.45, 2.75) is 19.8 Å². The lowest BCUT2D eigenvalue weighted by Gasteiger charge is -2.11. The van der Waals surface area contributed by atoms with E-state index in [1.807, 2.05) is 13.0 Å². The van der Waals surface area contributed by atoms with Crippen molar-refractivity contribution in [3.63, 3.8) is 0 Å². The Bertz CT molecular complexity index is 1030. The third-order valence-corrected chi connectivity index (χ3v) is 4.58. The highest BCUT2D eigenvalue weighted by Gasteiger charge is 2.18. The van der Waals surface area contributed by atoms with Crippen molar-refractivity contribution in [2.75, 3.05) is 12.4 Å². The van der Waals surface area contributed by atoms with Crippen LogP contribution in [0.5, 0.6) is 5.75 Å². The molecule has 0 radical (unpaired) electrons. The molecular formula is C19H17BrN2O4. The van der Waals surface area contributed by atoms with Crippen molar-refractivity contribution in [1.29, 1.82) is 0 Å². The van der Waals surface area contributed by atoms with Crippen molar-refractivity contribution in [2.24, 2.45) is 0 Å². The summed E-state index contributed by atoms with van der Waals surface area (Å²) in [7, 11) is 1.58. The number of fused-ring (bicyclic) bond motifs is 1. The Balaban J connectivity index is 2.05. The van der Waals surface area contributed by atoms with Crippen molar-refractivity contribution >= 4 is 38.5 Å². The number of rotatable bonds is 5. The SMILES string of the molecule is CCCc1c(OC)ccc2cc(C(=O)Nc3ccncc3Br)c(=O)oc12. The molecular weight excluding hydrogens is 400 g/mol. The fraction of sp³-hybridized carbons (Fsp3) is 0.211. The Morgan fingerprint density at radius 1 is 1.35 bits per heavy atom. The number of halogens is 1. The minimum atomic E-state index is -0.689. The van der Waals surface area contributed by atoms with Crippen molar-refractivity contribution < 1.29 is 13.9 Å². The van der Waals surface area contributed by atoms with Gasteiger partial charge in [-0.25, -0.2) is 4.79 Å². The number of anilines is 1. The molecule has 0 aliphatic rings. The van der Waals surface area contributed by atoms with E-state index in [0.29, 0.717) is 33.3 Å². The molecule has 2 aromatic heterocycles. The van der Waals surface area contributed by atoms with Crippen LogP contribution in [0.3, 0.4) is 0 Å². The van der Waals surface area contributed by atoms with Crippen LogP contribution in [0.1, 0.15) is 29.3 Å². The van der Waals surface area contributed by atoms with Crippen LogP contribution in [0.2, 0.25) is 0 Å². The summed E-state index contributed by atoms with van der Waals surface area (Å²) in [6.07, 6.45) is 4.69. The Morgan fingerprint density at radius 3 is 2.85 bits per heavy atom. The zero-order valence-electron chi connectivity index (χ0n) is 14.3. The first-order valence-electron chi connectivity index (χ1n) is 8.09. The molecule has 3 rings (SSSR count). The van der Waals surface area contributed by atoms with Crippen molar-refractivity contribution in [1.82, 2.24) is 4.98 Å². The van der Waals surface area contributed by atoms with E-state index in [2.05, 4.69) is 26.2 Å². The number of carbonyl (C=O) groups excluding carboxylic acids is 1. The van der Waals surface area contributed by atoms with E-state index in [0.717, 1.165) is 12.0 Å². The number of nitrogens with zero attached hydrogens (tertiary/aromatic N) is 1. The molecule has 0 saturated heterocycles. The van der Waals surface area contributed by atoms with Gasteiger partial charge in [0.2, 0.25) is 0 Å². The van der Waals surface area contributed by atoms with Gasteiger partial charge >= 0.3 is 5.63 Å². The number of aromatic nitrogens is 1. The van der Waals surface area contributed by atoms with E-state index in [1.165, 1.54) is 0 Å². The van der Waals surface area contributed by atoms with Gasteiger partial charge in [0.05, 0.1) is 17.3 Å². The number of carbonyl (C=O) groups is 1. The summed E-state index contributed by atoms with van der Waals surface area (Å²) in [5, 5.41) is 3.36. The molecule has 0 aliphatic heterocycles. The summed E-state index contributed by atoms with van der Waals surface area (Å²) in [5.41, 5.74) is 1.05. The second kappa shape index (κ2) is 7.70. The Morgan fingerprint density at radius 2 is 2.15 bits per heavy atom. The molecule has 1 N–H and O–H groups in total. The summed E-state index contributed by atoms with van der Waals surface area (Å²) >= 11 is 3.31. The number of hydrogen-bond acceptors (Lipinski definition) is 5. The molecule has 0 bridgehead atoms. The standard InChI is InChI=1S/C19H17BrN2O4/c1-3-4-12-16(25-2)6-5-11-9-13(19(24)26-17(11)12)18(23)22-15-7-8-21-10-14(15)20/h5-10H,3-4H2,1-2H3,(H,21,22,23). The van der Waals surface area contributed by atoms with Gasteiger partial charge in [0.1, 0.15) is 16.9 Å². The van der Waals surface area contributed by atoms with Crippen LogP contribution in [0.25, 0.3) is 11.0 Å². The third kappa shape index (κ3) is 3.48. The monoisotopic (exact) mass is 416 g/mol. The number of benzene rings is 1. The van der Waals surface area contributed by atoms with E-state index in [9.17, 15) is 9.59 Å². The molecule has 0 unspecified atom stereocenters. The summed E-state index contributed by atoms with van der Waals surface area (Å²) in [6.45, 7) is 2.03. The number of nitrogens with one attached hydrogen (secondary N) is 1. The molecule has 0 atom stereocenters. The summed E-state index contributed by atoms with van der Waals surface area (Å²) in [5.74, 6) is 0.126. The molecule has 7 heteroatoms. The van der Waals surface area contributed by atoms with Gasteiger partial charge in [0.15, 0.2) is 0 Å². The lowest BCUT2D eigenvalue weighted by atomic mass is 10.0. The fourth-order valence-electron chi connectivity index (χ4n) is 2.73. The number of amides is 1. The molecule has 1 amide bonds.